The van der Waals surface area contributed by atoms with Gasteiger partial charge in [-0.2, -0.15) is 0 Å². The van der Waals surface area contributed by atoms with Gasteiger partial charge in [0, 0.05) is 18.7 Å². The van der Waals surface area contributed by atoms with E-state index in [0.29, 0.717) is 0 Å². The predicted octanol–water partition coefficient (Wildman–Crippen LogP) is 1.30. The lowest BCUT2D eigenvalue weighted by molar-refractivity contribution is -0.116. The lowest BCUT2D eigenvalue weighted by Gasteiger charge is -2.02. The van der Waals surface area contributed by atoms with E-state index in [1.807, 2.05) is 30.3 Å². The first kappa shape index (κ1) is 8.74. The average Bonchev–Trinajstić information content (AvgIpc) is 2.06. The topological polar surface area (TPSA) is 52.9 Å². The van der Waals surface area contributed by atoms with Gasteiger partial charge in [-0.15, -0.1) is 0 Å². The van der Waals surface area contributed by atoms with Crippen molar-refractivity contribution >= 4 is 11.6 Å². The second-order valence-corrected chi connectivity index (χ2v) is 2.41. The molecule has 0 aliphatic rings. The van der Waals surface area contributed by atoms with Gasteiger partial charge in [0.2, 0.25) is 5.91 Å². The lowest BCUT2D eigenvalue weighted by atomic mass is 10.3. The predicted molar refractivity (Wildman–Crippen MR) is 47.7 cm³/mol. The number of hydrogen-bond acceptors (Lipinski definition) is 1. The first-order valence-corrected chi connectivity index (χ1v) is 3.82. The van der Waals surface area contributed by atoms with Crippen molar-refractivity contribution in [2.45, 2.75) is 6.42 Å². The standard InChI is InChI=1S/C9H11N2O/c10-7-6-9(12)11-8-4-2-1-3-5-8/h1-5,10H,6-7H2,(H,11,12). The molecule has 0 fully saturated rings. The van der Waals surface area contributed by atoms with Crippen molar-refractivity contribution in [1.82, 2.24) is 5.73 Å². The Bertz CT molecular complexity index is 246. The average molecular weight is 163 g/mol. The molecule has 2 N–H and O–H groups in total. The highest BCUT2D eigenvalue weighted by Gasteiger charge is 1.98. The molecular weight excluding hydrogens is 152 g/mol. The minimum Gasteiger partial charge on any atom is -0.326 e. The van der Waals surface area contributed by atoms with Gasteiger partial charge in [0.1, 0.15) is 0 Å². The number of hydrogen-bond donors (Lipinski definition) is 1. The lowest BCUT2D eigenvalue weighted by Crippen LogP contribution is -2.12. The first-order chi connectivity index (χ1) is 5.83. The summed E-state index contributed by atoms with van der Waals surface area (Å²) in [7, 11) is 0. The Balaban J connectivity index is 2.47. The molecule has 0 heterocycles. The smallest absolute Gasteiger partial charge is 0.225 e. The number of rotatable bonds is 3. The van der Waals surface area contributed by atoms with E-state index in [1.165, 1.54) is 0 Å². The maximum absolute atomic E-state index is 11.0. The summed E-state index contributed by atoms with van der Waals surface area (Å²) in [5, 5.41) is 2.68. The molecule has 3 heteroatoms. The van der Waals surface area contributed by atoms with Crippen LogP contribution in [0.4, 0.5) is 5.69 Å². The zero-order valence-electron chi connectivity index (χ0n) is 6.71. The molecule has 63 valence electrons. The normalized spacial score (nSPS) is 9.42. The van der Waals surface area contributed by atoms with Crippen molar-refractivity contribution in [3.05, 3.63) is 30.3 Å². The molecule has 12 heavy (non-hydrogen) atoms. The number of amides is 1. The van der Waals surface area contributed by atoms with Gasteiger partial charge in [0.05, 0.1) is 0 Å². The van der Waals surface area contributed by atoms with Gasteiger partial charge in [-0.3, -0.25) is 10.5 Å². The Labute approximate surface area is 71.6 Å². The number of benzene rings is 1. The van der Waals surface area contributed by atoms with E-state index in [2.05, 4.69) is 5.32 Å². The Morgan fingerprint density at radius 1 is 1.33 bits per heavy atom. The SMILES string of the molecule is [NH]CCC(=O)Nc1ccccc1. The minimum absolute atomic E-state index is 0.101. The third-order valence-corrected chi connectivity index (χ3v) is 1.41. The zero-order valence-corrected chi connectivity index (χ0v) is 6.71. The van der Waals surface area contributed by atoms with E-state index in [4.69, 9.17) is 5.73 Å². The van der Waals surface area contributed by atoms with Crippen LogP contribution in [-0.2, 0) is 4.79 Å². The highest BCUT2D eigenvalue weighted by molar-refractivity contribution is 5.90. The van der Waals surface area contributed by atoms with Crippen LogP contribution in [0.1, 0.15) is 6.42 Å². The number of para-hydroxylation sites is 1. The molecule has 1 aromatic rings. The van der Waals surface area contributed by atoms with Crippen LogP contribution in [0.2, 0.25) is 0 Å². The number of anilines is 1. The monoisotopic (exact) mass is 163 g/mol. The molecule has 1 rings (SSSR count). The maximum Gasteiger partial charge on any atom is 0.225 e. The molecule has 1 radical (unpaired) electrons. The second-order valence-electron chi connectivity index (χ2n) is 2.41. The molecule has 0 aliphatic heterocycles. The molecule has 0 saturated heterocycles. The van der Waals surface area contributed by atoms with Crippen LogP contribution in [0.25, 0.3) is 0 Å². The van der Waals surface area contributed by atoms with E-state index < -0.39 is 0 Å². The van der Waals surface area contributed by atoms with Crippen LogP contribution >= 0.6 is 0 Å². The summed E-state index contributed by atoms with van der Waals surface area (Å²) >= 11 is 0. The summed E-state index contributed by atoms with van der Waals surface area (Å²) < 4.78 is 0. The van der Waals surface area contributed by atoms with Gasteiger partial charge < -0.3 is 5.32 Å². The van der Waals surface area contributed by atoms with Gasteiger partial charge in [-0.05, 0) is 12.1 Å². The van der Waals surface area contributed by atoms with Crippen LogP contribution in [0.3, 0.4) is 0 Å². The fourth-order valence-electron chi connectivity index (χ4n) is 0.859. The molecule has 0 saturated carbocycles. The highest BCUT2D eigenvalue weighted by Crippen LogP contribution is 2.04. The highest BCUT2D eigenvalue weighted by atomic mass is 16.1. The Morgan fingerprint density at radius 2 is 2.00 bits per heavy atom. The van der Waals surface area contributed by atoms with Gasteiger partial charge in [-0.1, -0.05) is 18.2 Å². The van der Waals surface area contributed by atoms with E-state index in [-0.39, 0.29) is 18.9 Å². The van der Waals surface area contributed by atoms with Crippen molar-refractivity contribution in [2.24, 2.45) is 0 Å². The summed E-state index contributed by atoms with van der Waals surface area (Å²) in [6.07, 6.45) is 0.259. The third-order valence-electron chi connectivity index (χ3n) is 1.41. The minimum atomic E-state index is -0.101. The molecular formula is C9H11N2O. The van der Waals surface area contributed by atoms with E-state index in [1.54, 1.807) is 0 Å². The van der Waals surface area contributed by atoms with Crippen molar-refractivity contribution < 1.29 is 4.79 Å². The van der Waals surface area contributed by atoms with E-state index >= 15 is 0 Å². The summed E-state index contributed by atoms with van der Waals surface area (Å²) in [6.45, 7) is 0.138. The van der Waals surface area contributed by atoms with Crippen molar-refractivity contribution in [1.29, 1.82) is 0 Å². The van der Waals surface area contributed by atoms with Crippen molar-refractivity contribution in [3.63, 3.8) is 0 Å². The fraction of sp³-hybridized carbons (Fsp3) is 0.222. The van der Waals surface area contributed by atoms with Crippen LogP contribution in [0.5, 0.6) is 0 Å². The van der Waals surface area contributed by atoms with Crippen molar-refractivity contribution in [2.75, 3.05) is 11.9 Å². The van der Waals surface area contributed by atoms with Crippen LogP contribution in [0, 0.1) is 0 Å². The molecule has 0 atom stereocenters. The Hall–Kier alpha value is -1.35. The van der Waals surface area contributed by atoms with Crippen LogP contribution in [0.15, 0.2) is 30.3 Å². The number of carbonyl (C=O) groups is 1. The Morgan fingerprint density at radius 3 is 2.58 bits per heavy atom. The van der Waals surface area contributed by atoms with E-state index in [0.717, 1.165) is 5.69 Å². The summed E-state index contributed by atoms with van der Waals surface area (Å²) in [6, 6.07) is 9.25. The molecule has 0 bridgehead atoms. The quantitative estimate of drug-likeness (QED) is 0.717. The summed E-state index contributed by atoms with van der Waals surface area (Å²) in [4.78, 5) is 11.0. The largest absolute Gasteiger partial charge is 0.326 e. The molecule has 0 spiro atoms. The van der Waals surface area contributed by atoms with Crippen LogP contribution < -0.4 is 11.1 Å². The van der Waals surface area contributed by atoms with Crippen LogP contribution in [-0.4, -0.2) is 12.5 Å². The molecule has 1 aromatic carbocycles. The summed E-state index contributed by atoms with van der Waals surface area (Å²) in [5.74, 6) is -0.101. The van der Waals surface area contributed by atoms with Gasteiger partial charge in [-0.25, -0.2) is 0 Å². The maximum atomic E-state index is 11.0. The summed E-state index contributed by atoms with van der Waals surface area (Å²) in [5.41, 5.74) is 7.63. The Kier molecular flexibility index (Phi) is 3.29. The molecule has 1 amide bonds. The van der Waals surface area contributed by atoms with E-state index in [9.17, 15) is 4.79 Å². The zero-order chi connectivity index (χ0) is 8.81. The molecule has 0 aromatic heterocycles. The number of nitrogens with one attached hydrogen (secondary N) is 2. The fourth-order valence-corrected chi connectivity index (χ4v) is 0.859. The van der Waals surface area contributed by atoms with Crippen molar-refractivity contribution in [3.8, 4) is 0 Å². The molecule has 0 unspecified atom stereocenters. The molecule has 3 nitrogen and oxygen atoms in total. The van der Waals surface area contributed by atoms with Gasteiger partial charge in [0.15, 0.2) is 0 Å². The molecule has 0 aliphatic carbocycles. The third kappa shape index (κ3) is 2.72. The van der Waals surface area contributed by atoms with Gasteiger partial charge in [0.25, 0.3) is 0 Å². The number of carbonyl (C=O) groups excluding carboxylic acids is 1. The van der Waals surface area contributed by atoms with Gasteiger partial charge >= 0.3 is 0 Å². The first-order valence-electron chi connectivity index (χ1n) is 3.82. The second kappa shape index (κ2) is 4.51.